The molecule has 0 fully saturated rings. The van der Waals surface area contributed by atoms with E-state index in [0.717, 1.165) is 6.42 Å². The first-order valence-electron chi connectivity index (χ1n) is 5.74. The van der Waals surface area contributed by atoms with Crippen molar-refractivity contribution in [3.63, 3.8) is 0 Å². The van der Waals surface area contributed by atoms with Crippen molar-refractivity contribution in [2.45, 2.75) is 39.6 Å². The molecule has 0 saturated heterocycles. The third-order valence-electron chi connectivity index (χ3n) is 1.89. The van der Waals surface area contributed by atoms with Gasteiger partial charge in [0.15, 0.2) is 6.29 Å². The molecule has 0 spiro atoms. The third-order valence-corrected chi connectivity index (χ3v) is 1.89. The Labute approximate surface area is 98.5 Å². The average molecular weight is 232 g/mol. The highest BCUT2D eigenvalue weighted by Gasteiger charge is 2.03. The van der Waals surface area contributed by atoms with E-state index in [-0.39, 0.29) is 12.4 Å². The lowest BCUT2D eigenvalue weighted by Gasteiger charge is -2.13. The van der Waals surface area contributed by atoms with Gasteiger partial charge in [-0.1, -0.05) is 6.08 Å². The van der Waals surface area contributed by atoms with Gasteiger partial charge in [-0.25, -0.2) is 0 Å². The number of hydrogen-bond donors (Lipinski definition) is 0. The van der Waals surface area contributed by atoms with Gasteiger partial charge in [0.05, 0.1) is 6.10 Å². The van der Waals surface area contributed by atoms with Gasteiger partial charge < -0.3 is 18.9 Å². The van der Waals surface area contributed by atoms with Gasteiger partial charge in [0.1, 0.15) is 6.79 Å². The molecule has 4 heteroatoms. The van der Waals surface area contributed by atoms with Crippen LogP contribution in [0.15, 0.2) is 12.2 Å². The van der Waals surface area contributed by atoms with Crippen LogP contribution < -0.4 is 0 Å². The lowest BCUT2D eigenvalue weighted by Crippen LogP contribution is -2.15. The van der Waals surface area contributed by atoms with E-state index < -0.39 is 0 Å². The molecule has 0 aliphatic carbocycles. The van der Waals surface area contributed by atoms with Gasteiger partial charge in [0, 0.05) is 20.3 Å². The third kappa shape index (κ3) is 8.85. The zero-order chi connectivity index (χ0) is 12.2. The molecular formula is C12H24O4. The van der Waals surface area contributed by atoms with Gasteiger partial charge in [0.2, 0.25) is 0 Å². The van der Waals surface area contributed by atoms with Crippen molar-refractivity contribution in [2.75, 3.05) is 27.1 Å². The first-order valence-corrected chi connectivity index (χ1v) is 5.74. The molecule has 0 aromatic heterocycles. The molecule has 0 N–H and O–H groups in total. The van der Waals surface area contributed by atoms with Crippen LogP contribution in [0.4, 0.5) is 0 Å². The topological polar surface area (TPSA) is 36.9 Å². The lowest BCUT2D eigenvalue weighted by molar-refractivity contribution is -0.104. The van der Waals surface area contributed by atoms with Crippen molar-refractivity contribution in [1.82, 2.24) is 0 Å². The Balaban J connectivity index is 3.75. The van der Waals surface area contributed by atoms with E-state index >= 15 is 0 Å². The van der Waals surface area contributed by atoms with Crippen molar-refractivity contribution in [3.8, 4) is 0 Å². The van der Waals surface area contributed by atoms with Crippen molar-refractivity contribution in [2.24, 2.45) is 0 Å². The van der Waals surface area contributed by atoms with Crippen LogP contribution in [0.25, 0.3) is 0 Å². The molecule has 0 saturated carbocycles. The number of rotatable bonds is 10. The summed E-state index contributed by atoms with van der Waals surface area (Å²) in [5.74, 6) is 0. The monoisotopic (exact) mass is 232 g/mol. The van der Waals surface area contributed by atoms with E-state index in [1.54, 1.807) is 7.11 Å². The highest BCUT2D eigenvalue weighted by Crippen LogP contribution is 2.02. The van der Waals surface area contributed by atoms with Crippen LogP contribution in [0.1, 0.15) is 27.2 Å². The summed E-state index contributed by atoms with van der Waals surface area (Å²) in [4.78, 5) is 0. The second-order valence-electron chi connectivity index (χ2n) is 3.33. The van der Waals surface area contributed by atoms with Crippen molar-refractivity contribution in [1.29, 1.82) is 0 Å². The van der Waals surface area contributed by atoms with Crippen molar-refractivity contribution < 1.29 is 18.9 Å². The maximum absolute atomic E-state index is 5.37. The van der Waals surface area contributed by atoms with Gasteiger partial charge in [-0.2, -0.15) is 0 Å². The summed E-state index contributed by atoms with van der Waals surface area (Å²) in [5, 5.41) is 0. The fraction of sp³-hybridized carbons (Fsp3) is 0.833. The SMILES string of the molecule is CCOC(/C=C\CC(C)OCOC)OCC. The maximum atomic E-state index is 5.37. The molecule has 0 aliphatic rings. The Kier molecular flexibility index (Phi) is 10.8. The minimum atomic E-state index is -0.246. The normalized spacial score (nSPS) is 13.8. The van der Waals surface area contributed by atoms with E-state index in [1.807, 2.05) is 32.9 Å². The second kappa shape index (κ2) is 11.1. The molecule has 0 amide bonds. The smallest absolute Gasteiger partial charge is 0.176 e. The summed E-state index contributed by atoms with van der Waals surface area (Å²) in [5.41, 5.74) is 0. The summed E-state index contributed by atoms with van der Waals surface area (Å²) in [6, 6.07) is 0. The van der Waals surface area contributed by atoms with Crippen LogP contribution in [0.3, 0.4) is 0 Å². The first-order chi connectivity index (χ1) is 7.74. The molecule has 96 valence electrons. The Morgan fingerprint density at radius 3 is 2.19 bits per heavy atom. The minimum absolute atomic E-state index is 0.139. The molecule has 0 heterocycles. The largest absolute Gasteiger partial charge is 0.359 e. The summed E-state index contributed by atoms with van der Waals surface area (Å²) in [6.07, 6.45) is 4.64. The molecule has 1 atom stereocenters. The highest BCUT2D eigenvalue weighted by molar-refractivity contribution is 4.86. The highest BCUT2D eigenvalue weighted by atomic mass is 16.7. The Bertz CT molecular complexity index is 164. The number of ether oxygens (including phenoxy) is 4. The first kappa shape index (κ1) is 15.6. The molecule has 0 aliphatic heterocycles. The van der Waals surface area contributed by atoms with Crippen LogP contribution in [0.2, 0.25) is 0 Å². The number of hydrogen-bond acceptors (Lipinski definition) is 4. The van der Waals surface area contributed by atoms with Gasteiger partial charge in [-0.3, -0.25) is 0 Å². The van der Waals surface area contributed by atoms with Gasteiger partial charge in [-0.15, -0.1) is 0 Å². The Morgan fingerprint density at radius 1 is 1.06 bits per heavy atom. The Morgan fingerprint density at radius 2 is 1.69 bits per heavy atom. The van der Waals surface area contributed by atoms with Crippen LogP contribution in [-0.4, -0.2) is 39.5 Å². The maximum Gasteiger partial charge on any atom is 0.176 e. The van der Waals surface area contributed by atoms with E-state index in [1.165, 1.54) is 0 Å². The van der Waals surface area contributed by atoms with E-state index in [2.05, 4.69) is 0 Å². The van der Waals surface area contributed by atoms with E-state index in [4.69, 9.17) is 18.9 Å². The zero-order valence-corrected chi connectivity index (χ0v) is 10.8. The van der Waals surface area contributed by atoms with Crippen LogP contribution in [-0.2, 0) is 18.9 Å². The molecule has 0 radical (unpaired) electrons. The van der Waals surface area contributed by atoms with Gasteiger partial charge in [-0.05, 0) is 33.3 Å². The molecule has 0 bridgehead atoms. The zero-order valence-electron chi connectivity index (χ0n) is 10.8. The summed E-state index contributed by atoms with van der Waals surface area (Å²) < 4.78 is 20.9. The molecule has 0 aromatic carbocycles. The molecule has 0 aromatic rings. The fourth-order valence-electron chi connectivity index (χ4n) is 1.12. The molecule has 1 unspecified atom stereocenters. The van der Waals surface area contributed by atoms with E-state index in [9.17, 15) is 0 Å². The number of methoxy groups -OCH3 is 1. The van der Waals surface area contributed by atoms with Gasteiger partial charge >= 0.3 is 0 Å². The standard InChI is InChI=1S/C12H24O4/c1-5-14-12(15-6-2)9-7-8-11(3)16-10-13-4/h7,9,11-12H,5-6,8,10H2,1-4H3/b9-7-. The molecular weight excluding hydrogens is 208 g/mol. The lowest BCUT2D eigenvalue weighted by atomic mass is 10.2. The second-order valence-corrected chi connectivity index (χ2v) is 3.33. The Hall–Kier alpha value is -0.420. The summed E-state index contributed by atoms with van der Waals surface area (Å²) in [7, 11) is 1.61. The predicted octanol–water partition coefficient (Wildman–Crippen LogP) is 2.34. The van der Waals surface area contributed by atoms with Gasteiger partial charge in [0.25, 0.3) is 0 Å². The van der Waals surface area contributed by atoms with Crippen LogP contribution in [0, 0.1) is 0 Å². The van der Waals surface area contributed by atoms with Crippen LogP contribution >= 0.6 is 0 Å². The molecule has 0 rings (SSSR count). The quantitative estimate of drug-likeness (QED) is 0.428. The van der Waals surface area contributed by atoms with Crippen molar-refractivity contribution in [3.05, 3.63) is 12.2 Å². The van der Waals surface area contributed by atoms with E-state index in [0.29, 0.717) is 20.0 Å². The molecule has 16 heavy (non-hydrogen) atoms. The molecule has 4 nitrogen and oxygen atoms in total. The van der Waals surface area contributed by atoms with Crippen molar-refractivity contribution >= 4 is 0 Å². The summed E-state index contributed by atoms with van der Waals surface area (Å²) in [6.45, 7) is 7.51. The summed E-state index contributed by atoms with van der Waals surface area (Å²) >= 11 is 0. The fourth-order valence-corrected chi connectivity index (χ4v) is 1.12. The van der Waals surface area contributed by atoms with Crippen LogP contribution in [0.5, 0.6) is 0 Å². The minimum Gasteiger partial charge on any atom is -0.359 e. The predicted molar refractivity (Wildman–Crippen MR) is 63.2 cm³/mol. The average Bonchev–Trinajstić information content (AvgIpc) is 2.27.